The van der Waals surface area contributed by atoms with Gasteiger partial charge in [-0.25, -0.2) is 9.37 Å². The topological polar surface area (TPSA) is 50.2 Å². The zero-order valence-corrected chi connectivity index (χ0v) is 18.9. The molecule has 0 radical (unpaired) electrons. The largest absolute Gasteiger partial charge is 0.353 e. The van der Waals surface area contributed by atoms with Crippen LogP contribution in [0.3, 0.4) is 0 Å². The van der Waals surface area contributed by atoms with Gasteiger partial charge in [-0.1, -0.05) is 35.3 Å². The molecule has 3 aromatic rings. The summed E-state index contributed by atoms with van der Waals surface area (Å²) in [6, 6.07) is 9.25. The molecule has 5 nitrogen and oxygen atoms in total. The van der Waals surface area contributed by atoms with Crippen LogP contribution in [0, 0.1) is 5.82 Å². The summed E-state index contributed by atoms with van der Waals surface area (Å²) in [6.45, 7) is 5.50. The molecule has 1 atom stereocenters. The normalized spacial score (nSPS) is 15.5. The molecule has 2 heterocycles. The van der Waals surface area contributed by atoms with Crippen LogP contribution in [0.25, 0.3) is 11.0 Å². The van der Waals surface area contributed by atoms with Crippen LogP contribution in [0.15, 0.2) is 36.4 Å². The van der Waals surface area contributed by atoms with E-state index in [1.165, 1.54) is 25.0 Å². The molecule has 0 spiro atoms. The van der Waals surface area contributed by atoms with Crippen molar-refractivity contribution in [3.8, 4) is 0 Å². The molecule has 1 saturated heterocycles. The van der Waals surface area contributed by atoms with Crippen LogP contribution >= 0.6 is 23.2 Å². The molecule has 164 valence electrons. The van der Waals surface area contributed by atoms with Gasteiger partial charge in [0.05, 0.1) is 21.1 Å². The fourth-order valence-corrected chi connectivity index (χ4v) is 4.41. The lowest BCUT2D eigenvalue weighted by Crippen LogP contribution is -2.37. The van der Waals surface area contributed by atoms with Crippen molar-refractivity contribution < 1.29 is 9.18 Å². The van der Waals surface area contributed by atoms with E-state index in [9.17, 15) is 9.18 Å². The predicted molar refractivity (Wildman–Crippen MR) is 122 cm³/mol. The molecule has 1 aliphatic rings. The Morgan fingerprint density at radius 2 is 1.84 bits per heavy atom. The van der Waals surface area contributed by atoms with Crippen molar-refractivity contribution in [2.75, 3.05) is 26.2 Å². The van der Waals surface area contributed by atoms with Crippen LogP contribution in [0.5, 0.6) is 0 Å². The molecule has 0 bridgehead atoms. The number of likely N-dealkylation sites (tertiary alicyclic amines) is 1. The van der Waals surface area contributed by atoms with Crippen molar-refractivity contribution in [2.24, 2.45) is 0 Å². The minimum atomic E-state index is -0.490. The first-order valence-electron chi connectivity index (χ1n) is 10.5. The minimum Gasteiger partial charge on any atom is -0.353 e. The van der Waals surface area contributed by atoms with Crippen LogP contribution in [0.4, 0.5) is 4.39 Å². The maximum atomic E-state index is 13.3. The van der Waals surface area contributed by atoms with Gasteiger partial charge >= 0.3 is 0 Å². The fourth-order valence-electron chi connectivity index (χ4n) is 4.09. The number of rotatable bonds is 7. The molecule has 4 rings (SSSR count). The average molecular weight is 463 g/mol. The lowest BCUT2D eigenvalue weighted by Gasteiger charge is -2.19. The maximum absolute atomic E-state index is 13.3. The lowest BCUT2D eigenvalue weighted by molar-refractivity contribution is -0.123. The lowest BCUT2D eigenvalue weighted by atomic mass is 10.1. The number of benzene rings is 2. The summed E-state index contributed by atoms with van der Waals surface area (Å²) in [5.41, 5.74) is 2.31. The van der Waals surface area contributed by atoms with E-state index in [2.05, 4.69) is 10.2 Å². The zero-order chi connectivity index (χ0) is 22.0. The SMILES string of the molecule is C[C@@H](C(=O)NCCN1CCCC1)n1c(Cc2ccc(F)cc2)nc2cc(Cl)c(Cl)cc21. The minimum absolute atomic E-state index is 0.0788. The number of aromatic nitrogens is 2. The number of hydrogen-bond acceptors (Lipinski definition) is 3. The second-order valence-corrected chi connectivity index (χ2v) is 8.79. The van der Waals surface area contributed by atoms with Gasteiger partial charge < -0.3 is 14.8 Å². The summed E-state index contributed by atoms with van der Waals surface area (Å²) in [7, 11) is 0. The molecule has 1 fully saturated rings. The number of amides is 1. The molecule has 1 aliphatic heterocycles. The summed E-state index contributed by atoms with van der Waals surface area (Å²) in [5, 5.41) is 3.87. The van der Waals surface area contributed by atoms with E-state index in [0.29, 0.717) is 34.4 Å². The first-order chi connectivity index (χ1) is 14.9. The Morgan fingerprint density at radius 3 is 2.55 bits per heavy atom. The van der Waals surface area contributed by atoms with Crippen LogP contribution in [-0.4, -0.2) is 46.5 Å². The van der Waals surface area contributed by atoms with E-state index in [1.807, 2.05) is 11.5 Å². The van der Waals surface area contributed by atoms with Gasteiger partial charge in [0.25, 0.3) is 0 Å². The first kappa shape index (κ1) is 22.1. The Morgan fingerprint density at radius 1 is 1.16 bits per heavy atom. The molecule has 0 aliphatic carbocycles. The molecule has 0 saturated carbocycles. The van der Waals surface area contributed by atoms with Gasteiger partial charge in [-0.2, -0.15) is 0 Å². The molecule has 0 unspecified atom stereocenters. The zero-order valence-electron chi connectivity index (χ0n) is 17.4. The van der Waals surface area contributed by atoms with E-state index in [0.717, 1.165) is 30.7 Å². The number of imidazole rings is 1. The van der Waals surface area contributed by atoms with E-state index in [4.69, 9.17) is 28.2 Å². The van der Waals surface area contributed by atoms with Crippen molar-refractivity contribution in [1.82, 2.24) is 19.8 Å². The summed E-state index contributed by atoms with van der Waals surface area (Å²) >= 11 is 12.5. The molecule has 2 aromatic carbocycles. The number of carbonyl (C=O) groups excluding carboxylic acids is 1. The van der Waals surface area contributed by atoms with E-state index < -0.39 is 6.04 Å². The second-order valence-electron chi connectivity index (χ2n) is 7.97. The van der Waals surface area contributed by atoms with Gasteiger partial charge in [0.1, 0.15) is 17.7 Å². The molecular weight excluding hydrogens is 438 g/mol. The quantitative estimate of drug-likeness (QED) is 0.545. The van der Waals surface area contributed by atoms with E-state index in [1.54, 1.807) is 24.3 Å². The summed E-state index contributed by atoms with van der Waals surface area (Å²) in [4.78, 5) is 20.1. The van der Waals surface area contributed by atoms with Crippen LogP contribution < -0.4 is 5.32 Å². The fraction of sp³-hybridized carbons (Fsp3) is 0.391. The number of halogens is 3. The Bertz CT molecular complexity index is 1080. The molecular formula is C23H25Cl2FN4O. The Hall–Kier alpha value is -2.15. The third-order valence-electron chi connectivity index (χ3n) is 5.77. The van der Waals surface area contributed by atoms with Gasteiger partial charge in [-0.15, -0.1) is 0 Å². The third kappa shape index (κ3) is 5.03. The van der Waals surface area contributed by atoms with Gasteiger partial charge in [0.15, 0.2) is 0 Å². The van der Waals surface area contributed by atoms with Gasteiger partial charge in [-0.3, -0.25) is 4.79 Å². The predicted octanol–water partition coefficient (Wildman–Crippen LogP) is 4.85. The van der Waals surface area contributed by atoms with Crippen LogP contribution in [0.1, 0.15) is 37.2 Å². The number of nitrogens with zero attached hydrogens (tertiary/aromatic N) is 3. The molecule has 1 aromatic heterocycles. The monoisotopic (exact) mass is 462 g/mol. The van der Waals surface area contributed by atoms with Crippen LogP contribution in [0.2, 0.25) is 10.0 Å². The Balaban J connectivity index is 1.60. The molecule has 1 amide bonds. The van der Waals surface area contributed by atoms with Crippen LogP contribution in [-0.2, 0) is 11.2 Å². The second kappa shape index (κ2) is 9.55. The number of carbonyl (C=O) groups is 1. The molecule has 8 heteroatoms. The van der Waals surface area contributed by atoms with Gasteiger partial charge in [0, 0.05) is 19.5 Å². The number of hydrogen-bond donors (Lipinski definition) is 1. The molecule has 1 N–H and O–H groups in total. The molecule has 31 heavy (non-hydrogen) atoms. The first-order valence-corrected chi connectivity index (χ1v) is 11.3. The highest BCUT2D eigenvalue weighted by Crippen LogP contribution is 2.31. The summed E-state index contributed by atoms with van der Waals surface area (Å²) in [5.74, 6) is 0.327. The highest BCUT2D eigenvalue weighted by atomic mass is 35.5. The smallest absolute Gasteiger partial charge is 0.242 e. The van der Waals surface area contributed by atoms with Crippen molar-refractivity contribution in [2.45, 2.75) is 32.2 Å². The van der Waals surface area contributed by atoms with Crippen molar-refractivity contribution in [3.05, 3.63) is 63.6 Å². The van der Waals surface area contributed by atoms with Crippen molar-refractivity contribution in [3.63, 3.8) is 0 Å². The highest BCUT2D eigenvalue weighted by Gasteiger charge is 2.23. The van der Waals surface area contributed by atoms with E-state index >= 15 is 0 Å². The summed E-state index contributed by atoms with van der Waals surface area (Å²) < 4.78 is 15.2. The van der Waals surface area contributed by atoms with Gasteiger partial charge in [0.2, 0.25) is 5.91 Å². The maximum Gasteiger partial charge on any atom is 0.242 e. The summed E-state index contributed by atoms with van der Waals surface area (Å²) in [6.07, 6.45) is 2.90. The van der Waals surface area contributed by atoms with E-state index in [-0.39, 0.29) is 11.7 Å². The standard InChI is InChI=1S/C23H25Cl2FN4O/c1-15(23(31)27-8-11-29-9-2-3-10-29)30-21-14-19(25)18(24)13-20(21)28-22(30)12-16-4-6-17(26)7-5-16/h4-7,13-15H,2-3,8-12H2,1H3,(H,27,31)/t15-/m0/s1. The Labute approximate surface area is 191 Å². The highest BCUT2D eigenvalue weighted by molar-refractivity contribution is 6.42. The number of nitrogens with one attached hydrogen (secondary N) is 1. The number of fused-ring (bicyclic) bond motifs is 1. The van der Waals surface area contributed by atoms with Gasteiger partial charge in [-0.05, 0) is 62.7 Å². The third-order valence-corrected chi connectivity index (χ3v) is 6.49. The average Bonchev–Trinajstić information content (AvgIpc) is 3.37. The van der Waals surface area contributed by atoms with Crippen molar-refractivity contribution >= 4 is 40.1 Å². The Kier molecular flexibility index (Phi) is 6.80. The van der Waals surface area contributed by atoms with Crippen molar-refractivity contribution in [1.29, 1.82) is 0 Å².